The van der Waals surface area contributed by atoms with E-state index < -0.39 is 16.4 Å². The largest absolute Gasteiger partial charge is 0.480 e. The maximum absolute atomic E-state index is 11.4. The van der Waals surface area contributed by atoms with E-state index in [0.717, 1.165) is 6.42 Å². The quantitative estimate of drug-likeness (QED) is 0.621. The summed E-state index contributed by atoms with van der Waals surface area (Å²) in [5.74, 6) is -0.897. The molecule has 6 nitrogen and oxygen atoms in total. The van der Waals surface area contributed by atoms with Crippen molar-refractivity contribution in [1.29, 1.82) is 0 Å². The molecule has 1 aliphatic rings. The molecule has 0 aliphatic carbocycles. The van der Waals surface area contributed by atoms with Crippen LogP contribution in [0.25, 0.3) is 0 Å². The van der Waals surface area contributed by atoms with Crippen LogP contribution in [-0.4, -0.2) is 28.1 Å². The number of carboxylic acid groups (broad SMARTS) is 1. The fraction of sp³-hybridized carbons (Fsp3) is 0.417. The summed E-state index contributed by atoms with van der Waals surface area (Å²) in [6.07, 6.45) is 1.62. The lowest BCUT2D eigenvalue weighted by atomic mass is 9.89. The molecule has 1 aromatic carbocycles. The minimum atomic E-state index is -0.977. The van der Waals surface area contributed by atoms with E-state index in [9.17, 15) is 20.0 Å². The number of hydrogen-bond donors (Lipinski definition) is 2. The van der Waals surface area contributed by atoms with Gasteiger partial charge in [0.15, 0.2) is 0 Å². The first-order chi connectivity index (χ1) is 8.53. The lowest BCUT2D eigenvalue weighted by molar-refractivity contribution is -0.384. The normalized spacial score (nSPS) is 22.9. The van der Waals surface area contributed by atoms with E-state index in [2.05, 4.69) is 5.32 Å². The van der Waals surface area contributed by atoms with Crippen molar-refractivity contribution in [3.05, 3.63) is 39.9 Å². The summed E-state index contributed by atoms with van der Waals surface area (Å²) in [5.41, 5.74) is -0.318. The second kappa shape index (κ2) is 4.73. The number of hydrogen-bond acceptors (Lipinski definition) is 4. The molecule has 18 heavy (non-hydrogen) atoms. The molecule has 0 radical (unpaired) electrons. The van der Waals surface area contributed by atoms with E-state index >= 15 is 0 Å². The van der Waals surface area contributed by atoms with Crippen LogP contribution >= 0.6 is 0 Å². The Labute approximate surface area is 104 Å². The predicted octanol–water partition coefficient (Wildman–Crippen LogP) is 1.34. The van der Waals surface area contributed by atoms with E-state index in [-0.39, 0.29) is 12.1 Å². The molecule has 0 aromatic heterocycles. The van der Waals surface area contributed by atoms with E-state index in [1.54, 1.807) is 12.1 Å². The summed E-state index contributed by atoms with van der Waals surface area (Å²) in [6.45, 7) is 0.668. The Hall–Kier alpha value is -1.95. The summed E-state index contributed by atoms with van der Waals surface area (Å²) in [4.78, 5) is 21.6. The third-order valence-electron chi connectivity index (χ3n) is 3.28. The van der Waals surface area contributed by atoms with E-state index in [0.29, 0.717) is 18.5 Å². The van der Waals surface area contributed by atoms with Crippen LogP contribution in [0, 0.1) is 10.1 Å². The highest BCUT2D eigenvalue weighted by atomic mass is 16.6. The molecule has 1 heterocycles. The van der Waals surface area contributed by atoms with Gasteiger partial charge in [-0.25, -0.2) is 0 Å². The van der Waals surface area contributed by atoms with Crippen LogP contribution in [0.1, 0.15) is 18.4 Å². The van der Waals surface area contributed by atoms with Crippen LogP contribution in [0.2, 0.25) is 0 Å². The molecule has 0 saturated carbocycles. The fourth-order valence-electron chi connectivity index (χ4n) is 2.34. The highest BCUT2D eigenvalue weighted by Gasteiger charge is 2.41. The zero-order chi connectivity index (χ0) is 13.2. The van der Waals surface area contributed by atoms with Gasteiger partial charge in [-0.2, -0.15) is 0 Å². The Morgan fingerprint density at radius 1 is 1.56 bits per heavy atom. The average molecular weight is 250 g/mol. The van der Waals surface area contributed by atoms with Gasteiger partial charge in [0, 0.05) is 18.6 Å². The van der Waals surface area contributed by atoms with Crippen LogP contribution < -0.4 is 5.32 Å². The Balaban J connectivity index is 2.24. The van der Waals surface area contributed by atoms with Gasteiger partial charge in [0.05, 0.1) is 4.92 Å². The summed E-state index contributed by atoms with van der Waals surface area (Å²) in [5, 5.41) is 23.0. The Morgan fingerprint density at radius 3 is 2.89 bits per heavy atom. The van der Waals surface area contributed by atoms with Gasteiger partial charge in [-0.05, 0) is 24.9 Å². The van der Waals surface area contributed by atoms with Crippen LogP contribution in [-0.2, 0) is 11.2 Å². The molecule has 0 spiro atoms. The lowest BCUT2D eigenvalue weighted by Crippen LogP contribution is -2.49. The average Bonchev–Trinajstić information content (AvgIpc) is 2.79. The number of nitro groups is 1. The summed E-state index contributed by atoms with van der Waals surface area (Å²) in [7, 11) is 0. The van der Waals surface area contributed by atoms with Crippen molar-refractivity contribution in [3.8, 4) is 0 Å². The first-order valence-electron chi connectivity index (χ1n) is 5.75. The number of nitrogens with zero attached hydrogens (tertiary/aromatic N) is 1. The standard InChI is InChI=1S/C12H14N2O4/c15-11(16)12(5-2-6-13-12)8-9-3-1-4-10(7-9)14(17)18/h1,3-4,7,13H,2,5-6,8H2,(H,15,16). The first-order valence-corrected chi connectivity index (χ1v) is 5.75. The van der Waals surface area contributed by atoms with Gasteiger partial charge in [-0.1, -0.05) is 12.1 Å². The van der Waals surface area contributed by atoms with Crippen molar-refractivity contribution in [1.82, 2.24) is 5.32 Å². The zero-order valence-electron chi connectivity index (χ0n) is 9.76. The zero-order valence-corrected chi connectivity index (χ0v) is 9.76. The van der Waals surface area contributed by atoms with Crippen molar-refractivity contribution < 1.29 is 14.8 Å². The van der Waals surface area contributed by atoms with Gasteiger partial charge >= 0.3 is 5.97 Å². The maximum Gasteiger partial charge on any atom is 0.324 e. The van der Waals surface area contributed by atoms with Crippen molar-refractivity contribution in [2.24, 2.45) is 0 Å². The molecule has 1 fully saturated rings. The topological polar surface area (TPSA) is 92.5 Å². The van der Waals surface area contributed by atoms with Crippen LogP contribution in [0.5, 0.6) is 0 Å². The molecule has 1 atom stereocenters. The molecular weight excluding hydrogens is 236 g/mol. The number of non-ortho nitro benzene ring substituents is 1. The molecule has 2 N–H and O–H groups in total. The minimum absolute atomic E-state index is 0.00830. The van der Waals surface area contributed by atoms with Crippen LogP contribution in [0.4, 0.5) is 5.69 Å². The monoisotopic (exact) mass is 250 g/mol. The predicted molar refractivity (Wildman–Crippen MR) is 64.4 cm³/mol. The van der Waals surface area contributed by atoms with Crippen molar-refractivity contribution in [3.63, 3.8) is 0 Å². The fourth-order valence-corrected chi connectivity index (χ4v) is 2.34. The number of aliphatic carboxylic acids is 1. The van der Waals surface area contributed by atoms with Crippen molar-refractivity contribution in [2.45, 2.75) is 24.8 Å². The van der Waals surface area contributed by atoms with E-state index in [1.807, 2.05) is 0 Å². The number of carboxylic acids is 1. The molecule has 2 rings (SSSR count). The third kappa shape index (κ3) is 2.33. The molecule has 0 bridgehead atoms. The SMILES string of the molecule is O=C(O)C1(Cc2cccc([N+](=O)[O-])c2)CCCN1. The van der Waals surface area contributed by atoms with E-state index in [1.165, 1.54) is 12.1 Å². The van der Waals surface area contributed by atoms with Crippen molar-refractivity contribution >= 4 is 11.7 Å². The number of carbonyl (C=O) groups is 1. The van der Waals surface area contributed by atoms with E-state index in [4.69, 9.17) is 0 Å². The number of nitro benzene ring substituents is 1. The van der Waals surface area contributed by atoms with Gasteiger partial charge in [-0.15, -0.1) is 0 Å². The van der Waals surface area contributed by atoms with Gasteiger partial charge in [0.25, 0.3) is 5.69 Å². The molecule has 1 aliphatic heterocycles. The Morgan fingerprint density at radius 2 is 2.33 bits per heavy atom. The van der Waals surface area contributed by atoms with Gasteiger partial charge in [0.2, 0.25) is 0 Å². The number of benzene rings is 1. The summed E-state index contributed by atoms with van der Waals surface area (Å²) >= 11 is 0. The van der Waals surface area contributed by atoms with Gasteiger partial charge < -0.3 is 10.4 Å². The molecule has 0 amide bonds. The highest BCUT2D eigenvalue weighted by Crippen LogP contribution is 2.26. The number of rotatable bonds is 4. The Kier molecular flexibility index (Phi) is 3.29. The van der Waals surface area contributed by atoms with Crippen LogP contribution in [0.15, 0.2) is 24.3 Å². The molecule has 96 valence electrons. The smallest absolute Gasteiger partial charge is 0.324 e. The second-order valence-corrected chi connectivity index (χ2v) is 4.52. The summed E-state index contributed by atoms with van der Waals surface area (Å²) in [6, 6.07) is 6.14. The molecule has 1 saturated heterocycles. The molecular formula is C12H14N2O4. The lowest BCUT2D eigenvalue weighted by Gasteiger charge is -2.24. The highest BCUT2D eigenvalue weighted by molar-refractivity contribution is 5.79. The maximum atomic E-state index is 11.4. The third-order valence-corrected chi connectivity index (χ3v) is 3.28. The molecule has 6 heteroatoms. The Bertz CT molecular complexity index is 481. The van der Waals surface area contributed by atoms with Gasteiger partial charge in [0.1, 0.15) is 5.54 Å². The second-order valence-electron chi connectivity index (χ2n) is 4.52. The van der Waals surface area contributed by atoms with Gasteiger partial charge in [-0.3, -0.25) is 14.9 Å². The first kappa shape index (κ1) is 12.5. The minimum Gasteiger partial charge on any atom is -0.480 e. The number of nitrogens with one attached hydrogen (secondary N) is 1. The summed E-state index contributed by atoms with van der Waals surface area (Å²) < 4.78 is 0. The van der Waals surface area contributed by atoms with Crippen molar-refractivity contribution in [2.75, 3.05) is 6.54 Å². The van der Waals surface area contributed by atoms with Crippen LogP contribution in [0.3, 0.4) is 0 Å². The molecule has 1 unspecified atom stereocenters. The molecule has 1 aromatic rings.